The van der Waals surface area contributed by atoms with Gasteiger partial charge in [0.1, 0.15) is 6.54 Å². The number of ether oxygens (including phenoxy) is 2. The molecule has 1 unspecified atom stereocenters. The van der Waals surface area contributed by atoms with E-state index >= 15 is 0 Å². The van der Waals surface area contributed by atoms with Crippen LogP contribution in [0.15, 0.2) is 42.5 Å². The zero-order valence-electron chi connectivity index (χ0n) is 15.3. The number of nitro benzene ring substituents is 1. The molecule has 0 aromatic heterocycles. The van der Waals surface area contributed by atoms with Gasteiger partial charge in [-0.05, 0) is 30.3 Å². The highest BCUT2D eigenvalue weighted by molar-refractivity contribution is 5.91. The fourth-order valence-corrected chi connectivity index (χ4v) is 2.57. The van der Waals surface area contributed by atoms with Crippen LogP contribution in [-0.2, 0) is 11.3 Å². The lowest BCUT2D eigenvalue weighted by molar-refractivity contribution is -0.885. The van der Waals surface area contributed by atoms with Crippen LogP contribution in [-0.4, -0.2) is 38.1 Å². The van der Waals surface area contributed by atoms with Crippen LogP contribution in [0.5, 0.6) is 11.5 Å². The summed E-state index contributed by atoms with van der Waals surface area (Å²) in [5.41, 5.74) is 1.17. The molecule has 2 aromatic rings. The van der Waals surface area contributed by atoms with E-state index in [2.05, 4.69) is 10.1 Å². The van der Waals surface area contributed by atoms with E-state index in [1.165, 1.54) is 37.4 Å². The van der Waals surface area contributed by atoms with Crippen molar-refractivity contribution < 1.29 is 32.9 Å². The van der Waals surface area contributed by atoms with Gasteiger partial charge in [-0.1, -0.05) is 0 Å². The molecule has 10 heteroatoms. The average Bonchev–Trinajstić information content (AvgIpc) is 2.62. The molecule has 2 aromatic carbocycles. The van der Waals surface area contributed by atoms with Crippen molar-refractivity contribution in [3.05, 3.63) is 58.1 Å². The summed E-state index contributed by atoms with van der Waals surface area (Å²) in [6.45, 7) is -2.37. The summed E-state index contributed by atoms with van der Waals surface area (Å²) in [4.78, 5) is 23.1. The van der Waals surface area contributed by atoms with Gasteiger partial charge in [-0.25, -0.2) is 0 Å². The fraction of sp³-hybridized carbons (Fsp3) is 0.278. The Bertz CT molecular complexity index is 830. The minimum absolute atomic E-state index is 0.0604. The summed E-state index contributed by atoms with van der Waals surface area (Å²) in [7, 11) is 3.15. The topological polar surface area (TPSA) is 95.1 Å². The Hall–Kier alpha value is -3.27. The molecule has 28 heavy (non-hydrogen) atoms. The number of likely N-dealkylation sites (N-methyl/N-ethyl adjacent to an activating group) is 1. The van der Waals surface area contributed by atoms with Gasteiger partial charge in [0, 0.05) is 23.4 Å². The van der Waals surface area contributed by atoms with Gasteiger partial charge in [0.15, 0.2) is 18.0 Å². The standard InChI is InChI=1S/C18H19F2N3O5/c1-22(10-12-3-8-15(28-18(19)20)16(9-12)27-2)11-17(24)21-13-4-6-14(7-5-13)23(25)26/h3-9,18H,10-11H2,1-2H3,(H,21,24)/p+1. The van der Waals surface area contributed by atoms with Crippen LogP contribution in [0.1, 0.15) is 5.56 Å². The first-order chi connectivity index (χ1) is 13.3. The molecule has 2 rings (SSSR count). The minimum Gasteiger partial charge on any atom is -0.493 e. The van der Waals surface area contributed by atoms with Crippen molar-refractivity contribution in [2.24, 2.45) is 0 Å². The third kappa shape index (κ3) is 6.16. The number of quaternary nitrogens is 1. The maximum atomic E-state index is 12.4. The van der Waals surface area contributed by atoms with Crippen LogP contribution in [0.2, 0.25) is 0 Å². The van der Waals surface area contributed by atoms with Gasteiger partial charge >= 0.3 is 6.61 Å². The Kier molecular flexibility index (Phi) is 7.21. The van der Waals surface area contributed by atoms with Crippen molar-refractivity contribution in [3.8, 4) is 11.5 Å². The van der Waals surface area contributed by atoms with E-state index in [9.17, 15) is 23.7 Å². The van der Waals surface area contributed by atoms with Crippen molar-refractivity contribution in [3.63, 3.8) is 0 Å². The number of carbonyl (C=O) groups excluding carboxylic acids is 1. The number of alkyl halides is 2. The van der Waals surface area contributed by atoms with Gasteiger partial charge in [-0.15, -0.1) is 0 Å². The summed E-state index contributed by atoms with van der Waals surface area (Å²) >= 11 is 0. The predicted molar refractivity (Wildman–Crippen MR) is 96.8 cm³/mol. The van der Waals surface area contributed by atoms with Crippen molar-refractivity contribution in [1.82, 2.24) is 0 Å². The number of rotatable bonds is 9. The molecule has 0 bridgehead atoms. The van der Waals surface area contributed by atoms with E-state index in [4.69, 9.17) is 4.74 Å². The maximum absolute atomic E-state index is 12.4. The molecular formula is C18H20F2N3O5+. The van der Waals surface area contributed by atoms with E-state index in [0.29, 0.717) is 12.2 Å². The number of nitrogens with one attached hydrogen (secondary N) is 2. The molecule has 0 aliphatic rings. The summed E-state index contributed by atoms with van der Waals surface area (Å²) in [5, 5.41) is 13.3. The highest BCUT2D eigenvalue weighted by atomic mass is 19.3. The number of methoxy groups -OCH3 is 1. The summed E-state index contributed by atoms with van der Waals surface area (Å²) in [6, 6.07) is 10.1. The van der Waals surface area contributed by atoms with Gasteiger partial charge in [-0.3, -0.25) is 14.9 Å². The number of nitrogens with zero attached hydrogens (tertiary/aromatic N) is 1. The first-order valence-corrected chi connectivity index (χ1v) is 8.26. The van der Waals surface area contributed by atoms with Gasteiger partial charge in [0.05, 0.1) is 19.1 Å². The lowest BCUT2D eigenvalue weighted by Crippen LogP contribution is -3.08. The third-order valence-corrected chi connectivity index (χ3v) is 3.77. The Morgan fingerprint density at radius 1 is 1.21 bits per heavy atom. The summed E-state index contributed by atoms with van der Waals surface area (Å²) in [5.74, 6) is -0.147. The van der Waals surface area contributed by atoms with E-state index in [1.54, 1.807) is 19.2 Å². The quantitative estimate of drug-likeness (QED) is 0.498. The molecule has 0 heterocycles. The molecule has 2 N–H and O–H groups in total. The Balaban J connectivity index is 1.92. The van der Waals surface area contributed by atoms with E-state index in [-0.39, 0.29) is 29.6 Å². The minimum atomic E-state index is -2.95. The highest BCUT2D eigenvalue weighted by Gasteiger charge is 2.15. The number of benzene rings is 2. The lowest BCUT2D eigenvalue weighted by atomic mass is 10.2. The van der Waals surface area contributed by atoms with E-state index < -0.39 is 11.5 Å². The van der Waals surface area contributed by atoms with Crippen LogP contribution in [0.4, 0.5) is 20.2 Å². The normalized spacial score (nSPS) is 11.8. The van der Waals surface area contributed by atoms with Gasteiger partial charge in [0.25, 0.3) is 11.6 Å². The van der Waals surface area contributed by atoms with E-state index in [0.717, 1.165) is 10.5 Å². The molecule has 1 atom stereocenters. The molecule has 8 nitrogen and oxygen atoms in total. The fourth-order valence-electron chi connectivity index (χ4n) is 2.57. The highest BCUT2D eigenvalue weighted by Crippen LogP contribution is 2.29. The largest absolute Gasteiger partial charge is 0.493 e. The smallest absolute Gasteiger partial charge is 0.387 e. The van der Waals surface area contributed by atoms with Crippen LogP contribution in [0.3, 0.4) is 0 Å². The molecule has 1 amide bonds. The molecule has 150 valence electrons. The Morgan fingerprint density at radius 3 is 2.46 bits per heavy atom. The van der Waals surface area contributed by atoms with Crippen LogP contribution in [0.25, 0.3) is 0 Å². The number of hydrogen-bond acceptors (Lipinski definition) is 5. The first kappa shape index (κ1) is 21.0. The van der Waals surface area contributed by atoms with Crippen LogP contribution >= 0.6 is 0 Å². The number of non-ortho nitro benzene ring substituents is 1. The van der Waals surface area contributed by atoms with Gasteiger partial charge in [-0.2, -0.15) is 8.78 Å². The SMILES string of the molecule is COc1cc(C[NH+](C)CC(=O)Nc2ccc([N+](=O)[O-])cc2)ccc1OC(F)F. The van der Waals surface area contributed by atoms with Crippen LogP contribution in [0, 0.1) is 10.1 Å². The number of nitro groups is 1. The zero-order valence-corrected chi connectivity index (χ0v) is 15.3. The maximum Gasteiger partial charge on any atom is 0.387 e. The second-order valence-electron chi connectivity index (χ2n) is 6.03. The molecule has 0 aliphatic heterocycles. The monoisotopic (exact) mass is 396 g/mol. The molecule has 0 radical (unpaired) electrons. The molecule has 0 fully saturated rings. The first-order valence-electron chi connectivity index (χ1n) is 8.26. The Labute approximate surface area is 159 Å². The van der Waals surface area contributed by atoms with E-state index in [1.807, 2.05) is 0 Å². The van der Waals surface area contributed by atoms with Gasteiger partial charge in [0.2, 0.25) is 0 Å². The van der Waals surface area contributed by atoms with Gasteiger partial charge < -0.3 is 19.7 Å². The summed E-state index contributed by atoms with van der Waals surface area (Å²) in [6.07, 6.45) is 0. The van der Waals surface area contributed by atoms with Crippen molar-refractivity contribution in [2.75, 3.05) is 26.0 Å². The molecule has 0 aliphatic carbocycles. The zero-order chi connectivity index (χ0) is 20.7. The molecule has 0 spiro atoms. The van der Waals surface area contributed by atoms with Crippen molar-refractivity contribution in [2.45, 2.75) is 13.2 Å². The lowest BCUT2D eigenvalue weighted by Gasteiger charge is -2.16. The molecule has 0 saturated carbocycles. The summed E-state index contributed by atoms with van der Waals surface area (Å²) < 4.78 is 34.2. The number of carbonyl (C=O) groups is 1. The van der Waals surface area contributed by atoms with Crippen molar-refractivity contribution >= 4 is 17.3 Å². The third-order valence-electron chi connectivity index (χ3n) is 3.77. The van der Waals surface area contributed by atoms with Crippen molar-refractivity contribution in [1.29, 1.82) is 0 Å². The second-order valence-corrected chi connectivity index (χ2v) is 6.03. The average molecular weight is 396 g/mol. The number of anilines is 1. The molecule has 0 saturated heterocycles. The number of amides is 1. The molecular weight excluding hydrogens is 376 g/mol. The predicted octanol–water partition coefficient (Wildman–Crippen LogP) is 1.86. The number of hydrogen-bond donors (Lipinski definition) is 2. The Morgan fingerprint density at radius 2 is 1.89 bits per heavy atom. The van der Waals surface area contributed by atoms with Crippen LogP contribution < -0.4 is 19.7 Å². The second kappa shape index (κ2) is 9.60. The number of halogens is 2.